The molecule has 1 aromatic carbocycles. The second kappa shape index (κ2) is 7.31. The summed E-state index contributed by atoms with van der Waals surface area (Å²) in [4.78, 5) is 24.5. The highest BCUT2D eigenvalue weighted by molar-refractivity contribution is 5.92. The molecule has 0 fully saturated rings. The number of benzene rings is 1. The van der Waals surface area contributed by atoms with Gasteiger partial charge in [0, 0.05) is 24.3 Å². The lowest BCUT2D eigenvalue weighted by Gasteiger charge is -2.12. The Morgan fingerprint density at radius 2 is 2.08 bits per heavy atom. The van der Waals surface area contributed by atoms with Gasteiger partial charge in [0.15, 0.2) is 5.65 Å². The largest absolute Gasteiger partial charge is 0.350 e. The summed E-state index contributed by atoms with van der Waals surface area (Å²) >= 11 is 0. The Morgan fingerprint density at radius 3 is 2.84 bits per heavy atom. The van der Waals surface area contributed by atoms with Gasteiger partial charge in [-0.1, -0.05) is 25.1 Å². The first-order valence-corrected chi connectivity index (χ1v) is 8.17. The summed E-state index contributed by atoms with van der Waals surface area (Å²) < 4.78 is 2.92. The number of hydrogen-bond donors (Lipinski definition) is 2. The van der Waals surface area contributed by atoms with Crippen LogP contribution in [-0.2, 0) is 11.3 Å². The molecule has 1 amide bonds. The monoisotopic (exact) mass is 339 g/mol. The van der Waals surface area contributed by atoms with Crippen molar-refractivity contribution in [1.29, 1.82) is 0 Å². The zero-order chi connectivity index (χ0) is 17.8. The van der Waals surface area contributed by atoms with E-state index in [1.165, 1.54) is 9.08 Å². The van der Waals surface area contributed by atoms with Gasteiger partial charge in [-0.05, 0) is 36.9 Å². The highest BCUT2D eigenvalue weighted by Gasteiger charge is 2.12. The number of aromatic nitrogens is 3. The molecule has 2 aromatic heterocycles. The van der Waals surface area contributed by atoms with Crippen molar-refractivity contribution < 1.29 is 4.79 Å². The average Bonchev–Trinajstić information content (AvgIpc) is 2.92. The zero-order valence-electron chi connectivity index (χ0n) is 14.3. The van der Waals surface area contributed by atoms with E-state index in [9.17, 15) is 9.59 Å². The predicted octanol–water partition coefficient (Wildman–Crippen LogP) is 1.34. The maximum absolute atomic E-state index is 12.3. The van der Waals surface area contributed by atoms with Gasteiger partial charge in [-0.15, -0.1) is 5.10 Å². The first-order chi connectivity index (χ1) is 12.1. The maximum Gasteiger partial charge on any atom is 0.350 e. The normalized spacial score (nSPS) is 12.2. The molecule has 0 bridgehead atoms. The summed E-state index contributed by atoms with van der Waals surface area (Å²) in [6, 6.07) is 12.9. The number of rotatable bonds is 6. The number of nitrogens with zero attached hydrogens (tertiary/aromatic N) is 3. The molecular weight excluding hydrogens is 318 g/mol. The molecule has 7 heteroatoms. The number of amides is 1. The zero-order valence-corrected chi connectivity index (χ0v) is 14.3. The molecule has 3 aromatic rings. The van der Waals surface area contributed by atoms with Crippen LogP contribution in [0.15, 0.2) is 53.5 Å². The van der Waals surface area contributed by atoms with Crippen molar-refractivity contribution >= 4 is 17.2 Å². The molecular formula is C18H21N5O2. The van der Waals surface area contributed by atoms with Crippen molar-refractivity contribution in [3.8, 4) is 0 Å². The molecule has 0 saturated carbocycles. The smallest absolute Gasteiger partial charge is 0.326 e. The van der Waals surface area contributed by atoms with Crippen molar-refractivity contribution in [2.45, 2.75) is 13.5 Å². The first-order valence-electron chi connectivity index (χ1n) is 8.17. The number of carbonyl (C=O) groups is 1. The molecule has 0 saturated heterocycles. The molecule has 3 rings (SSSR count). The van der Waals surface area contributed by atoms with Crippen LogP contribution in [-0.4, -0.2) is 33.7 Å². The lowest BCUT2D eigenvalue weighted by atomic mass is 10.1. The molecule has 25 heavy (non-hydrogen) atoms. The summed E-state index contributed by atoms with van der Waals surface area (Å²) in [5, 5.41) is 10.2. The van der Waals surface area contributed by atoms with Gasteiger partial charge in [0.05, 0.1) is 6.54 Å². The maximum atomic E-state index is 12.3. The van der Waals surface area contributed by atoms with E-state index < -0.39 is 0 Å². The summed E-state index contributed by atoms with van der Waals surface area (Å²) in [6.07, 6.45) is 1.70. The highest BCUT2D eigenvalue weighted by atomic mass is 16.2. The minimum Gasteiger partial charge on any atom is -0.326 e. The fourth-order valence-corrected chi connectivity index (χ4v) is 2.66. The molecule has 0 aliphatic rings. The topological polar surface area (TPSA) is 80.4 Å². The van der Waals surface area contributed by atoms with Crippen molar-refractivity contribution in [2.24, 2.45) is 5.92 Å². The fraction of sp³-hybridized carbons (Fsp3) is 0.278. The van der Waals surface area contributed by atoms with Gasteiger partial charge in [0.2, 0.25) is 5.91 Å². The second-order valence-electron chi connectivity index (χ2n) is 6.02. The van der Waals surface area contributed by atoms with Crippen molar-refractivity contribution in [3.05, 3.63) is 64.7 Å². The highest BCUT2D eigenvalue weighted by Crippen LogP contribution is 2.13. The Bertz CT molecular complexity index is 944. The molecule has 2 heterocycles. The van der Waals surface area contributed by atoms with Gasteiger partial charge in [0.25, 0.3) is 0 Å². The van der Waals surface area contributed by atoms with E-state index in [4.69, 9.17) is 0 Å². The van der Waals surface area contributed by atoms with Gasteiger partial charge in [-0.2, -0.15) is 0 Å². The van der Waals surface area contributed by atoms with Gasteiger partial charge >= 0.3 is 5.69 Å². The summed E-state index contributed by atoms with van der Waals surface area (Å²) in [6.45, 7) is 2.82. The molecule has 1 unspecified atom stereocenters. The third-order valence-electron chi connectivity index (χ3n) is 3.97. The molecule has 7 nitrogen and oxygen atoms in total. The third-order valence-corrected chi connectivity index (χ3v) is 3.97. The van der Waals surface area contributed by atoms with Gasteiger partial charge < -0.3 is 10.6 Å². The Hall–Kier alpha value is -2.93. The Morgan fingerprint density at radius 1 is 1.24 bits per heavy atom. The minimum atomic E-state index is -0.187. The van der Waals surface area contributed by atoms with Crippen LogP contribution in [0.4, 0.5) is 5.69 Å². The lowest BCUT2D eigenvalue weighted by molar-refractivity contribution is -0.119. The minimum absolute atomic E-state index is 0.0450. The van der Waals surface area contributed by atoms with Crippen molar-refractivity contribution in [1.82, 2.24) is 19.5 Å². The summed E-state index contributed by atoms with van der Waals surface area (Å²) in [7, 11) is 1.82. The van der Waals surface area contributed by atoms with Crippen LogP contribution in [0, 0.1) is 5.92 Å². The van der Waals surface area contributed by atoms with Crippen LogP contribution in [0.2, 0.25) is 0 Å². The lowest BCUT2D eigenvalue weighted by Crippen LogP contribution is -2.28. The second-order valence-corrected chi connectivity index (χ2v) is 6.02. The SMILES string of the molecule is CNCC(C)C(=O)Nc1cccc(Cn2nc3ccccn3c2=O)c1. The van der Waals surface area contributed by atoms with Crippen molar-refractivity contribution in [2.75, 3.05) is 18.9 Å². The van der Waals surface area contributed by atoms with E-state index in [2.05, 4.69) is 15.7 Å². The van der Waals surface area contributed by atoms with Crippen molar-refractivity contribution in [3.63, 3.8) is 0 Å². The van der Waals surface area contributed by atoms with Crippen LogP contribution in [0.1, 0.15) is 12.5 Å². The van der Waals surface area contributed by atoms with Crippen LogP contribution in [0.3, 0.4) is 0 Å². The van der Waals surface area contributed by atoms with Crippen LogP contribution < -0.4 is 16.3 Å². The summed E-state index contributed by atoms with van der Waals surface area (Å²) in [5.41, 5.74) is 2.03. The molecule has 0 spiro atoms. The van der Waals surface area contributed by atoms with Crippen LogP contribution in [0.5, 0.6) is 0 Å². The van der Waals surface area contributed by atoms with E-state index >= 15 is 0 Å². The number of nitrogens with one attached hydrogen (secondary N) is 2. The number of anilines is 1. The Kier molecular flexibility index (Phi) is 4.95. The van der Waals surface area contributed by atoms with E-state index in [-0.39, 0.29) is 17.5 Å². The van der Waals surface area contributed by atoms with E-state index in [0.717, 1.165) is 5.56 Å². The average molecular weight is 339 g/mol. The van der Waals surface area contributed by atoms with E-state index in [1.54, 1.807) is 18.3 Å². The molecule has 0 radical (unpaired) electrons. The van der Waals surface area contributed by atoms with Gasteiger partial charge in [0.1, 0.15) is 0 Å². The number of carbonyl (C=O) groups excluding carboxylic acids is 1. The summed E-state index contributed by atoms with van der Waals surface area (Å²) in [5.74, 6) is -0.175. The van der Waals surface area contributed by atoms with Crippen LogP contribution >= 0.6 is 0 Å². The van der Waals surface area contributed by atoms with E-state index in [0.29, 0.717) is 24.4 Å². The number of fused-ring (bicyclic) bond motifs is 1. The Balaban J connectivity index is 1.78. The van der Waals surface area contributed by atoms with Crippen LogP contribution in [0.25, 0.3) is 5.65 Å². The Labute approximate surface area is 145 Å². The molecule has 130 valence electrons. The predicted molar refractivity (Wildman–Crippen MR) is 96.7 cm³/mol. The van der Waals surface area contributed by atoms with Gasteiger partial charge in [-0.25, -0.2) is 9.48 Å². The molecule has 1 atom stereocenters. The standard InChI is InChI=1S/C18H21N5O2/c1-13(11-19-2)17(24)20-15-7-5-6-14(10-15)12-23-18(25)22-9-4-3-8-16(22)21-23/h3-10,13,19H,11-12H2,1-2H3,(H,20,24). The molecule has 0 aliphatic heterocycles. The number of hydrogen-bond acceptors (Lipinski definition) is 4. The molecule has 2 N–H and O–H groups in total. The van der Waals surface area contributed by atoms with Gasteiger partial charge in [-0.3, -0.25) is 9.20 Å². The third kappa shape index (κ3) is 3.77. The quantitative estimate of drug-likeness (QED) is 0.710. The van der Waals surface area contributed by atoms with E-state index in [1.807, 2.05) is 44.3 Å². The molecule has 0 aliphatic carbocycles. The first kappa shape index (κ1) is 16.9. The fourth-order valence-electron chi connectivity index (χ4n) is 2.66. The number of pyridine rings is 1.